The van der Waals surface area contributed by atoms with Crippen LogP contribution < -0.4 is 14.2 Å². The second-order valence-electron chi connectivity index (χ2n) is 6.62. The number of fused-ring (bicyclic) bond motifs is 1. The number of rotatable bonds is 7. The van der Waals surface area contributed by atoms with Crippen molar-refractivity contribution in [2.45, 2.75) is 38.2 Å². The number of carbonyl (C=O) groups is 1. The van der Waals surface area contributed by atoms with Gasteiger partial charge >= 0.3 is 5.97 Å². The normalized spacial score (nSPS) is 15.8. The molecule has 1 unspecified atom stereocenters. The van der Waals surface area contributed by atoms with E-state index in [2.05, 4.69) is 11.8 Å². The Morgan fingerprint density at radius 2 is 1.82 bits per heavy atom. The fraction of sp³-hybridized carbons (Fsp3) is 0.348. The fourth-order valence-electron chi connectivity index (χ4n) is 3.68. The lowest BCUT2D eigenvalue weighted by Crippen LogP contribution is -2.07. The molecule has 0 radical (unpaired) electrons. The Hall–Kier alpha value is -3.13. The molecule has 3 rings (SSSR count). The van der Waals surface area contributed by atoms with E-state index in [1.54, 1.807) is 21.1 Å². The molecule has 0 aromatic heterocycles. The predicted octanol–water partition coefficient (Wildman–Crippen LogP) is 4.35. The van der Waals surface area contributed by atoms with Crippen LogP contribution in [-0.4, -0.2) is 25.3 Å². The van der Waals surface area contributed by atoms with Gasteiger partial charge in [-0.05, 0) is 49.6 Å². The van der Waals surface area contributed by atoms with Crippen molar-refractivity contribution < 1.29 is 24.1 Å². The van der Waals surface area contributed by atoms with E-state index >= 15 is 0 Å². The maximum absolute atomic E-state index is 11.1. The second-order valence-corrected chi connectivity index (χ2v) is 6.62. The lowest BCUT2D eigenvalue weighted by molar-refractivity contribution is -0.137. The van der Waals surface area contributed by atoms with Crippen LogP contribution in [0.4, 0.5) is 0 Å². The van der Waals surface area contributed by atoms with Crippen LogP contribution in [0.3, 0.4) is 0 Å². The van der Waals surface area contributed by atoms with Gasteiger partial charge in [-0.3, -0.25) is 4.79 Å². The summed E-state index contributed by atoms with van der Waals surface area (Å²) in [6, 6.07) is 11.3. The van der Waals surface area contributed by atoms with Gasteiger partial charge in [0, 0.05) is 11.1 Å². The molecule has 2 aromatic carbocycles. The van der Waals surface area contributed by atoms with E-state index in [1.165, 1.54) is 0 Å². The summed E-state index contributed by atoms with van der Waals surface area (Å²) in [6.07, 6.45) is 1.58. The van der Waals surface area contributed by atoms with E-state index in [-0.39, 0.29) is 18.4 Å². The zero-order valence-corrected chi connectivity index (χ0v) is 16.3. The van der Waals surface area contributed by atoms with E-state index in [0.717, 1.165) is 46.8 Å². The number of aliphatic carboxylic acids is 1. The second kappa shape index (κ2) is 8.71. The highest BCUT2D eigenvalue weighted by Crippen LogP contribution is 2.44. The van der Waals surface area contributed by atoms with Crippen LogP contribution in [0, 0.1) is 11.8 Å². The highest BCUT2D eigenvalue weighted by molar-refractivity contribution is 5.69. The number of hydrogen-bond acceptors (Lipinski definition) is 4. The first kappa shape index (κ1) is 19.6. The van der Waals surface area contributed by atoms with Crippen molar-refractivity contribution in [3.8, 4) is 29.1 Å². The van der Waals surface area contributed by atoms with Crippen molar-refractivity contribution in [2.24, 2.45) is 0 Å². The molecule has 0 spiro atoms. The van der Waals surface area contributed by atoms with Gasteiger partial charge in [0.2, 0.25) is 0 Å². The molecule has 1 aliphatic carbocycles. The van der Waals surface area contributed by atoms with Gasteiger partial charge in [-0.1, -0.05) is 18.1 Å². The number of benzene rings is 2. The monoisotopic (exact) mass is 380 g/mol. The summed E-state index contributed by atoms with van der Waals surface area (Å²) in [4.78, 5) is 11.1. The maximum Gasteiger partial charge on any atom is 0.304 e. The van der Waals surface area contributed by atoms with Crippen LogP contribution in [0.1, 0.15) is 48.5 Å². The van der Waals surface area contributed by atoms with Gasteiger partial charge in [0.15, 0.2) is 0 Å². The Balaban J connectivity index is 1.81. The Morgan fingerprint density at radius 3 is 2.43 bits per heavy atom. The zero-order chi connectivity index (χ0) is 20.1. The molecule has 5 nitrogen and oxygen atoms in total. The minimum absolute atomic E-state index is 0.0198. The summed E-state index contributed by atoms with van der Waals surface area (Å²) in [5.41, 5.74) is 3.03. The molecule has 1 N–H and O–H groups in total. The third-order valence-corrected chi connectivity index (χ3v) is 4.95. The summed E-state index contributed by atoms with van der Waals surface area (Å²) in [6.45, 7) is 1.71. The molecule has 0 fully saturated rings. The van der Waals surface area contributed by atoms with Gasteiger partial charge in [-0.15, -0.1) is 5.92 Å². The van der Waals surface area contributed by atoms with Gasteiger partial charge in [0.05, 0.1) is 26.6 Å². The molecule has 2 atom stereocenters. The molecule has 0 saturated carbocycles. The maximum atomic E-state index is 11.1. The SMILES string of the molecule is CC#C[C@@H](CC(=O)O)c1ccc(OC2CCc3c(OC)ccc(OC)c32)cc1. The van der Waals surface area contributed by atoms with Crippen LogP contribution in [0.25, 0.3) is 0 Å². The van der Waals surface area contributed by atoms with Crippen molar-refractivity contribution in [3.63, 3.8) is 0 Å². The molecule has 0 bridgehead atoms. The lowest BCUT2D eigenvalue weighted by atomic mass is 9.96. The molecule has 2 aromatic rings. The number of hydrogen-bond donors (Lipinski definition) is 1. The molecule has 146 valence electrons. The Labute approximate surface area is 165 Å². The third-order valence-electron chi connectivity index (χ3n) is 4.95. The average molecular weight is 380 g/mol. The van der Waals surface area contributed by atoms with Crippen LogP contribution in [0.5, 0.6) is 17.2 Å². The zero-order valence-electron chi connectivity index (χ0n) is 16.3. The van der Waals surface area contributed by atoms with Crippen molar-refractivity contribution >= 4 is 5.97 Å². The van der Waals surface area contributed by atoms with Gasteiger partial charge in [-0.25, -0.2) is 0 Å². The Bertz CT molecular complexity index is 905. The van der Waals surface area contributed by atoms with Crippen molar-refractivity contribution in [1.29, 1.82) is 0 Å². The summed E-state index contributed by atoms with van der Waals surface area (Å²) in [5, 5.41) is 9.09. The van der Waals surface area contributed by atoms with Crippen LogP contribution in [0.15, 0.2) is 36.4 Å². The van der Waals surface area contributed by atoms with E-state index < -0.39 is 5.97 Å². The quantitative estimate of drug-likeness (QED) is 0.724. The standard InChI is InChI=1S/C23H24O5/c1-4-5-16(14-22(24)25)15-6-8-17(9-7-15)28-21-11-10-18-19(26-2)12-13-20(27-3)23(18)21/h6-9,12-13,16,21H,10-11,14H2,1-3H3,(H,24,25)/t16-,21?/m0/s1. The largest absolute Gasteiger partial charge is 0.496 e. The van der Waals surface area contributed by atoms with E-state index in [1.807, 2.05) is 36.4 Å². The van der Waals surface area contributed by atoms with Crippen molar-refractivity contribution in [1.82, 2.24) is 0 Å². The minimum atomic E-state index is -0.864. The average Bonchev–Trinajstić information content (AvgIpc) is 3.11. The first-order valence-corrected chi connectivity index (χ1v) is 9.21. The molecule has 1 aliphatic rings. The molecule has 0 heterocycles. The Morgan fingerprint density at radius 1 is 1.14 bits per heavy atom. The van der Waals surface area contributed by atoms with E-state index in [0.29, 0.717) is 0 Å². The highest BCUT2D eigenvalue weighted by atomic mass is 16.5. The molecular formula is C23H24O5. The number of carboxylic acids is 1. The molecule has 28 heavy (non-hydrogen) atoms. The van der Waals surface area contributed by atoms with E-state index in [9.17, 15) is 4.79 Å². The highest BCUT2D eigenvalue weighted by Gasteiger charge is 2.30. The lowest BCUT2D eigenvalue weighted by Gasteiger charge is -2.19. The number of ether oxygens (including phenoxy) is 3. The number of carboxylic acid groups (broad SMARTS) is 1. The van der Waals surface area contributed by atoms with Gasteiger partial charge in [0.1, 0.15) is 23.4 Å². The van der Waals surface area contributed by atoms with Gasteiger partial charge in [-0.2, -0.15) is 0 Å². The fourth-order valence-corrected chi connectivity index (χ4v) is 3.68. The van der Waals surface area contributed by atoms with Gasteiger partial charge < -0.3 is 19.3 Å². The third kappa shape index (κ3) is 4.07. The summed E-state index contributed by atoms with van der Waals surface area (Å²) in [5.74, 6) is 6.96. The van der Waals surface area contributed by atoms with Crippen molar-refractivity contribution in [3.05, 3.63) is 53.1 Å². The molecule has 0 saturated heterocycles. The molecule has 0 aliphatic heterocycles. The molecule has 0 amide bonds. The minimum Gasteiger partial charge on any atom is -0.496 e. The Kier molecular flexibility index (Phi) is 6.10. The smallest absolute Gasteiger partial charge is 0.304 e. The predicted molar refractivity (Wildman–Crippen MR) is 106 cm³/mol. The summed E-state index contributed by atoms with van der Waals surface area (Å²) in [7, 11) is 3.32. The van der Waals surface area contributed by atoms with E-state index in [4.69, 9.17) is 19.3 Å². The first-order valence-electron chi connectivity index (χ1n) is 9.21. The summed E-state index contributed by atoms with van der Waals surface area (Å²) < 4.78 is 17.2. The summed E-state index contributed by atoms with van der Waals surface area (Å²) >= 11 is 0. The molecule has 5 heteroatoms. The van der Waals surface area contributed by atoms with Crippen LogP contribution in [0.2, 0.25) is 0 Å². The van der Waals surface area contributed by atoms with Crippen LogP contribution >= 0.6 is 0 Å². The topological polar surface area (TPSA) is 65.0 Å². The van der Waals surface area contributed by atoms with Gasteiger partial charge in [0.25, 0.3) is 0 Å². The molecular weight excluding hydrogens is 356 g/mol. The first-order chi connectivity index (χ1) is 13.6. The van der Waals surface area contributed by atoms with Crippen LogP contribution in [-0.2, 0) is 11.2 Å². The number of methoxy groups -OCH3 is 2. The van der Waals surface area contributed by atoms with Crippen molar-refractivity contribution in [2.75, 3.05) is 14.2 Å².